The number of thioether (sulfide) groups is 1. The average Bonchev–Trinajstić information content (AvgIpc) is 2.93. The van der Waals surface area contributed by atoms with E-state index >= 15 is 0 Å². The summed E-state index contributed by atoms with van der Waals surface area (Å²) >= 11 is 3.34. The quantitative estimate of drug-likeness (QED) is 0.824. The van der Waals surface area contributed by atoms with Crippen molar-refractivity contribution >= 4 is 23.1 Å². The van der Waals surface area contributed by atoms with Gasteiger partial charge >= 0.3 is 0 Å². The van der Waals surface area contributed by atoms with Crippen molar-refractivity contribution in [2.24, 2.45) is 0 Å². The lowest BCUT2D eigenvalue weighted by Gasteiger charge is -2.15. The van der Waals surface area contributed by atoms with Crippen LogP contribution in [0.2, 0.25) is 0 Å². The van der Waals surface area contributed by atoms with Gasteiger partial charge in [-0.15, -0.1) is 10.2 Å². The number of aromatic nitrogens is 2. The van der Waals surface area contributed by atoms with E-state index < -0.39 is 0 Å². The van der Waals surface area contributed by atoms with Crippen molar-refractivity contribution < 1.29 is 0 Å². The van der Waals surface area contributed by atoms with Gasteiger partial charge in [-0.2, -0.15) is 0 Å². The van der Waals surface area contributed by atoms with Gasteiger partial charge in [0.2, 0.25) is 0 Å². The van der Waals surface area contributed by atoms with E-state index in [2.05, 4.69) is 46.7 Å². The molecule has 1 atom stereocenters. The van der Waals surface area contributed by atoms with E-state index in [1.165, 1.54) is 11.1 Å². The zero-order chi connectivity index (χ0) is 12.8. The summed E-state index contributed by atoms with van der Waals surface area (Å²) in [5, 5.41) is 11.2. The molecule has 18 heavy (non-hydrogen) atoms. The fourth-order valence-electron chi connectivity index (χ4n) is 1.71. The van der Waals surface area contributed by atoms with Crippen molar-refractivity contribution in [1.82, 2.24) is 15.5 Å². The number of hydrogen-bond acceptors (Lipinski definition) is 5. The zero-order valence-electron chi connectivity index (χ0n) is 10.6. The molecule has 1 heterocycles. The fourth-order valence-corrected chi connectivity index (χ4v) is 3.37. The Morgan fingerprint density at radius 2 is 2.11 bits per heavy atom. The highest BCUT2D eigenvalue weighted by Crippen LogP contribution is 2.25. The number of benzene rings is 1. The molecule has 0 saturated carbocycles. The van der Waals surface area contributed by atoms with E-state index in [1.54, 1.807) is 28.6 Å². The number of aryl methyl sites for hydroxylation is 1. The van der Waals surface area contributed by atoms with Crippen LogP contribution in [0, 0.1) is 0 Å². The summed E-state index contributed by atoms with van der Waals surface area (Å²) in [7, 11) is 2.00. The molecule has 2 aromatic rings. The molecular formula is C13H17N3S2. The van der Waals surface area contributed by atoms with Gasteiger partial charge in [-0.3, -0.25) is 0 Å². The smallest absolute Gasteiger partial charge is 0.174 e. The van der Waals surface area contributed by atoms with Crippen LogP contribution < -0.4 is 5.32 Å². The Morgan fingerprint density at radius 1 is 1.33 bits per heavy atom. The average molecular weight is 279 g/mol. The second-order valence-electron chi connectivity index (χ2n) is 3.95. The van der Waals surface area contributed by atoms with Crippen LogP contribution in [-0.4, -0.2) is 23.0 Å². The first-order valence-corrected chi connectivity index (χ1v) is 7.85. The third kappa shape index (κ3) is 3.54. The Bertz CT molecular complexity index is 454. The van der Waals surface area contributed by atoms with E-state index in [9.17, 15) is 0 Å². The Kier molecular flexibility index (Phi) is 5.16. The van der Waals surface area contributed by atoms with E-state index in [1.807, 2.05) is 7.05 Å². The lowest BCUT2D eigenvalue weighted by atomic mass is 10.1. The number of nitrogens with zero attached hydrogens (tertiary/aromatic N) is 2. The Labute approximate surface area is 116 Å². The Balaban J connectivity index is 1.98. The monoisotopic (exact) mass is 279 g/mol. The molecule has 2 rings (SSSR count). The first-order chi connectivity index (χ1) is 8.83. The summed E-state index contributed by atoms with van der Waals surface area (Å²) in [5.74, 6) is 0.969. The molecule has 1 N–H and O–H groups in total. The maximum Gasteiger partial charge on any atom is 0.174 e. The van der Waals surface area contributed by atoms with Crippen molar-refractivity contribution in [3.63, 3.8) is 0 Å². The summed E-state index contributed by atoms with van der Waals surface area (Å²) in [6, 6.07) is 9.18. The maximum atomic E-state index is 4.05. The lowest BCUT2D eigenvalue weighted by molar-refractivity contribution is 0.661. The molecule has 1 aromatic carbocycles. The summed E-state index contributed by atoms with van der Waals surface area (Å²) < 4.78 is 1.03. The Hall–Kier alpha value is -0.910. The first-order valence-electron chi connectivity index (χ1n) is 5.98. The number of rotatable bonds is 6. The maximum absolute atomic E-state index is 4.05. The molecule has 96 valence electrons. The van der Waals surface area contributed by atoms with E-state index in [-0.39, 0.29) is 0 Å². The molecule has 0 aliphatic carbocycles. The minimum absolute atomic E-state index is 0.352. The summed E-state index contributed by atoms with van der Waals surface area (Å²) in [5.41, 5.74) is 4.48. The van der Waals surface area contributed by atoms with Crippen LogP contribution in [0.3, 0.4) is 0 Å². The molecule has 0 amide bonds. The third-order valence-electron chi connectivity index (χ3n) is 2.85. The second-order valence-corrected chi connectivity index (χ2v) is 6.05. The predicted octanol–water partition coefficient (Wildman–Crippen LogP) is 3.15. The van der Waals surface area contributed by atoms with Crippen molar-refractivity contribution in [2.45, 2.75) is 23.7 Å². The minimum atomic E-state index is 0.352. The fraction of sp³-hybridized carbons (Fsp3) is 0.385. The van der Waals surface area contributed by atoms with Gasteiger partial charge < -0.3 is 5.32 Å². The van der Waals surface area contributed by atoms with Crippen molar-refractivity contribution in [3.05, 3.63) is 40.9 Å². The van der Waals surface area contributed by atoms with Crippen LogP contribution in [-0.2, 0) is 6.42 Å². The van der Waals surface area contributed by atoms with Crippen LogP contribution in [0.5, 0.6) is 0 Å². The van der Waals surface area contributed by atoms with Gasteiger partial charge in [0.15, 0.2) is 4.34 Å². The normalized spacial score (nSPS) is 12.6. The molecule has 0 radical (unpaired) electrons. The molecular weight excluding hydrogens is 262 g/mol. The molecule has 3 nitrogen and oxygen atoms in total. The van der Waals surface area contributed by atoms with Gasteiger partial charge in [0, 0.05) is 11.8 Å². The van der Waals surface area contributed by atoms with Gasteiger partial charge in [-0.1, -0.05) is 54.3 Å². The van der Waals surface area contributed by atoms with Crippen LogP contribution in [0.25, 0.3) is 0 Å². The van der Waals surface area contributed by atoms with E-state index in [0.29, 0.717) is 6.04 Å². The molecule has 0 saturated heterocycles. The first kappa shape index (κ1) is 13.5. The highest BCUT2D eigenvalue weighted by Gasteiger charge is 2.10. The van der Waals surface area contributed by atoms with Gasteiger partial charge in [0.05, 0.1) is 0 Å². The third-order valence-corrected chi connectivity index (χ3v) is 4.81. The molecule has 0 spiro atoms. The van der Waals surface area contributed by atoms with E-state index in [0.717, 1.165) is 16.5 Å². The molecule has 1 unspecified atom stereocenters. The summed E-state index contributed by atoms with van der Waals surface area (Å²) in [6.45, 7) is 2.18. The molecule has 1 aromatic heterocycles. The number of nitrogens with one attached hydrogen (secondary N) is 1. The predicted molar refractivity (Wildman–Crippen MR) is 78.3 cm³/mol. The van der Waals surface area contributed by atoms with Gasteiger partial charge in [0.25, 0.3) is 0 Å². The van der Waals surface area contributed by atoms with Crippen LogP contribution in [0.15, 0.2) is 34.1 Å². The molecule has 5 heteroatoms. The van der Waals surface area contributed by atoms with Crippen molar-refractivity contribution in [2.75, 3.05) is 12.8 Å². The summed E-state index contributed by atoms with van der Waals surface area (Å²) in [4.78, 5) is 0. The van der Waals surface area contributed by atoms with Gasteiger partial charge in [-0.05, 0) is 24.6 Å². The molecule has 0 fully saturated rings. The standard InChI is InChI=1S/C13H17N3S2/c1-3-10-4-6-11(7-5-10)12(14-2)8-17-13-16-15-9-18-13/h4-7,9,12,14H,3,8H2,1-2H3. The lowest BCUT2D eigenvalue weighted by Crippen LogP contribution is -2.18. The molecule has 0 bridgehead atoms. The van der Waals surface area contributed by atoms with Crippen LogP contribution in [0.4, 0.5) is 0 Å². The highest BCUT2D eigenvalue weighted by molar-refractivity contribution is 8.01. The van der Waals surface area contributed by atoms with Gasteiger partial charge in [-0.25, -0.2) is 0 Å². The highest BCUT2D eigenvalue weighted by atomic mass is 32.2. The largest absolute Gasteiger partial charge is 0.312 e. The van der Waals surface area contributed by atoms with Gasteiger partial charge in [0.1, 0.15) is 5.51 Å². The van der Waals surface area contributed by atoms with E-state index in [4.69, 9.17) is 0 Å². The molecule has 0 aliphatic heterocycles. The van der Waals surface area contributed by atoms with Crippen molar-refractivity contribution in [1.29, 1.82) is 0 Å². The summed E-state index contributed by atoms with van der Waals surface area (Å²) in [6.07, 6.45) is 1.09. The molecule has 0 aliphatic rings. The van der Waals surface area contributed by atoms with Crippen molar-refractivity contribution in [3.8, 4) is 0 Å². The van der Waals surface area contributed by atoms with Crippen LogP contribution in [0.1, 0.15) is 24.1 Å². The van der Waals surface area contributed by atoms with Crippen LogP contribution >= 0.6 is 23.1 Å². The Morgan fingerprint density at radius 3 is 2.67 bits per heavy atom. The number of hydrogen-bond donors (Lipinski definition) is 1. The second kappa shape index (κ2) is 6.87. The topological polar surface area (TPSA) is 37.8 Å². The minimum Gasteiger partial charge on any atom is -0.312 e. The SMILES string of the molecule is CCc1ccc(C(CSc2nncs2)NC)cc1. The zero-order valence-corrected chi connectivity index (χ0v) is 12.2.